The molecule has 0 bridgehead atoms. The Morgan fingerprint density at radius 2 is 1.62 bits per heavy atom. The molecule has 0 aliphatic carbocycles. The molecule has 3 heteroatoms. The molecule has 0 nitrogen and oxygen atoms in total. The van der Waals surface area contributed by atoms with Crippen molar-refractivity contribution in [3.8, 4) is 0 Å². The van der Waals surface area contributed by atoms with E-state index in [0.29, 0.717) is 0 Å². The Kier molecular flexibility index (Phi) is 4.16. The average molecular weight is 251 g/mol. The first-order chi connectivity index (χ1) is 5.92. The van der Waals surface area contributed by atoms with E-state index < -0.39 is 20.9 Å². The van der Waals surface area contributed by atoms with Crippen molar-refractivity contribution < 1.29 is 2.96 Å². The third-order valence-electron chi connectivity index (χ3n) is 2.02. The fraction of sp³-hybridized carbons (Fsp3) is 0. The van der Waals surface area contributed by atoms with Crippen LogP contribution < -0.4 is 3.69 Å². The maximum Gasteiger partial charge on any atom is 0.653 e. The summed E-state index contributed by atoms with van der Waals surface area (Å²) in [7, 11) is 0. The number of hydrogen-bond acceptors (Lipinski definition) is 0. The first kappa shape index (κ1) is 11.0. The highest BCUT2D eigenvalue weighted by molar-refractivity contribution is 8.93. The molecule has 64 valence electrons. The second-order valence-electron chi connectivity index (χ2n) is 2.77. The van der Waals surface area contributed by atoms with E-state index in [9.17, 15) is 2.96 Å². The van der Waals surface area contributed by atoms with Crippen molar-refractivity contribution in [1.82, 2.24) is 0 Å². The van der Waals surface area contributed by atoms with Crippen LogP contribution in [-0.4, -0.2) is 20.9 Å². The summed E-state index contributed by atoms with van der Waals surface area (Å²) in [6.07, 6.45) is 0. The summed E-state index contributed by atoms with van der Waals surface area (Å²) in [6.45, 7) is 0. The van der Waals surface area contributed by atoms with E-state index in [4.69, 9.17) is 0 Å². The molecule has 0 atom stereocenters. The lowest BCUT2D eigenvalue weighted by Gasteiger charge is -2.00. The maximum atomic E-state index is 12.6. The van der Waals surface area contributed by atoms with Crippen LogP contribution in [0.2, 0.25) is 0 Å². The maximum absolute atomic E-state index is 12.6. The fourth-order valence-electron chi connectivity index (χ4n) is 1.41. The van der Waals surface area contributed by atoms with Crippen molar-refractivity contribution in [2.24, 2.45) is 0 Å². The normalized spacial score (nSPS) is 9.00. The molecular weight excluding hydrogens is 243 g/mol. The molecule has 0 amide bonds. The number of hydrogen-bond donors (Lipinski definition) is 0. The van der Waals surface area contributed by atoms with Crippen molar-refractivity contribution in [2.45, 2.75) is 0 Å². The Morgan fingerprint density at radius 3 is 2.38 bits per heavy atom. The molecule has 0 aromatic heterocycles. The van der Waals surface area contributed by atoms with Gasteiger partial charge in [0.25, 0.3) is 0 Å². The number of benzene rings is 2. The SMILES string of the molecule is Br.[F][Mg][c]1cccc2ccccc12. The van der Waals surface area contributed by atoms with Crippen LogP contribution >= 0.6 is 17.0 Å². The predicted octanol–water partition coefficient (Wildman–Crippen LogP) is 2.63. The van der Waals surface area contributed by atoms with E-state index in [1.165, 1.54) is 0 Å². The van der Waals surface area contributed by atoms with Crippen LogP contribution in [0.4, 0.5) is 2.96 Å². The molecule has 0 aliphatic heterocycles. The molecule has 0 unspecified atom stereocenters. The van der Waals surface area contributed by atoms with Gasteiger partial charge in [-0.25, -0.2) is 0 Å². The molecule has 0 spiro atoms. The summed E-state index contributed by atoms with van der Waals surface area (Å²) in [6, 6.07) is 13.8. The Morgan fingerprint density at radius 1 is 0.923 bits per heavy atom. The van der Waals surface area contributed by atoms with Crippen molar-refractivity contribution in [3.05, 3.63) is 42.5 Å². The van der Waals surface area contributed by atoms with Gasteiger partial charge in [-0.3, -0.25) is 0 Å². The van der Waals surface area contributed by atoms with Gasteiger partial charge in [0.2, 0.25) is 0 Å². The number of fused-ring (bicyclic) bond motifs is 1. The largest absolute Gasteiger partial charge is 0.653 e. The van der Waals surface area contributed by atoms with E-state index in [2.05, 4.69) is 0 Å². The lowest BCUT2D eigenvalue weighted by molar-refractivity contribution is 0.885. The lowest BCUT2D eigenvalue weighted by Crippen LogP contribution is -2.09. The van der Waals surface area contributed by atoms with E-state index in [0.717, 1.165) is 14.5 Å². The molecule has 0 heterocycles. The Balaban J connectivity index is 0.000000845. The van der Waals surface area contributed by atoms with Gasteiger partial charge in [-0.1, -0.05) is 42.5 Å². The smallest absolute Gasteiger partial charge is 0.475 e. The molecule has 2 aromatic rings. The molecule has 0 saturated carbocycles. The molecule has 0 fully saturated rings. The summed E-state index contributed by atoms with van der Waals surface area (Å²) in [5, 5.41) is 2.22. The minimum atomic E-state index is -1.53. The highest BCUT2D eigenvalue weighted by Crippen LogP contribution is 2.09. The minimum absolute atomic E-state index is 0. The van der Waals surface area contributed by atoms with Crippen LogP contribution in [0.15, 0.2) is 42.5 Å². The molecule has 0 saturated heterocycles. The van der Waals surface area contributed by atoms with E-state index in [1.54, 1.807) is 0 Å². The van der Waals surface area contributed by atoms with Crippen LogP contribution in [0, 0.1) is 0 Å². The van der Waals surface area contributed by atoms with Gasteiger partial charge in [0, 0.05) is 0 Å². The highest BCUT2D eigenvalue weighted by Gasteiger charge is 2.02. The van der Waals surface area contributed by atoms with Crippen molar-refractivity contribution in [2.75, 3.05) is 0 Å². The van der Waals surface area contributed by atoms with Crippen molar-refractivity contribution in [3.63, 3.8) is 0 Å². The third kappa shape index (κ3) is 2.21. The van der Waals surface area contributed by atoms with E-state index in [1.807, 2.05) is 42.5 Å². The van der Waals surface area contributed by atoms with Crippen LogP contribution in [0.3, 0.4) is 0 Å². The topological polar surface area (TPSA) is 0 Å². The lowest BCUT2D eigenvalue weighted by atomic mass is 10.1. The van der Waals surface area contributed by atoms with Gasteiger partial charge in [0.1, 0.15) is 0 Å². The quantitative estimate of drug-likeness (QED) is 0.684. The first-order valence-corrected chi connectivity index (χ1v) is 5.18. The van der Waals surface area contributed by atoms with Gasteiger partial charge >= 0.3 is 20.9 Å². The zero-order valence-corrected chi connectivity index (χ0v) is 10.2. The van der Waals surface area contributed by atoms with Crippen molar-refractivity contribution in [1.29, 1.82) is 0 Å². The number of halogens is 2. The first-order valence-electron chi connectivity index (χ1n) is 3.94. The average Bonchev–Trinajstić information content (AvgIpc) is 2.17. The van der Waals surface area contributed by atoms with Crippen LogP contribution in [-0.2, 0) is 0 Å². The van der Waals surface area contributed by atoms with Gasteiger partial charge in [-0.2, -0.15) is 0 Å². The van der Waals surface area contributed by atoms with Crippen molar-refractivity contribution >= 4 is 52.4 Å². The summed E-state index contributed by atoms with van der Waals surface area (Å²) in [4.78, 5) is 0. The number of rotatable bonds is 1. The molecule has 2 rings (SSSR count). The zero-order chi connectivity index (χ0) is 8.39. The van der Waals surface area contributed by atoms with E-state index in [-0.39, 0.29) is 17.0 Å². The fourth-order valence-corrected chi connectivity index (χ4v) is 2.10. The second-order valence-corrected chi connectivity index (χ2v) is 3.80. The second kappa shape index (κ2) is 4.93. The van der Waals surface area contributed by atoms with Gasteiger partial charge in [0.05, 0.1) is 0 Å². The summed E-state index contributed by atoms with van der Waals surface area (Å²) in [5.41, 5.74) is 0. The summed E-state index contributed by atoms with van der Waals surface area (Å²) < 4.78 is 13.5. The Labute approximate surface area is 97.4 Å². The standard InChI is InChI=1S/C10H7.BrH.FH.Mg/c1-2-6-10-8-4-3-7-9(10)5-1;;;/h1-7H;2*1H;/q;;;+1/p-1. The van der Waals surface area contributed by atoms with Crippen LogP contribution in [0.1, 0.15) is 0 Å². The van der Waals surface area contributed by atoms with Gasteiger partial charge in [-0.05, 0) is 10.8 Å². The minimum Gasteiger partial charge on any atom is -0.475 e. The van der Waals surface area contributed by atoms with Crippen LogP contribution in [0.5, 0.6) is 0 Å². The molecule has 0 aliphatic rings. The Hall–Kier alpha value is -0.124. The van der Waals surface area contributed by atoms with Gasteiger partial charge < -0.3 is 2.96 Å². The molecule has 0 N–H and O–H groups in total. The monoisotopic (exact) mass is 250 g/mol. The molecule has 0 radical (unpaired) electrons. The van der Waals surface area contributed by atoms with E-state index >= 15 is 0 Å². The van der Waals surface area contributed by atoms with Gasteiger partial charge in [-0.15, -0.1) is 20.7 Å². The molecule has 13 heavy (non-hydrogen) atoms. The highest BCUT2D eigenvalue weighted by atomic mass is 79.9. The van der Waals surface area contributed by atoms with Crippen LogP contribution in [0.25, 0.3) is 10.8 Å². The summed E-state index contributed by atoms with van der Waals surface area (Å²) in [5.74, 6) is 0. The van der Waals surface area contributed by atoms with Gasteiger partial charge in [0.15, 0.2) is 0 Å². The summed E-state index contributed by atoms with van der Waals surface area (Å²) >= 11 is -1.53. The Bertz CT molecular complexity index is 398. The molecule has 2 aromatic carbocycles. The third-order valence-corrected chi connectivity index (χ3v) is 2.93. The molecular formula is C10H8BrFMg. The zero-order valence-electron chi connectivity index (χ0n) is 7.03. The predicted molar refractivity (Wildman–Crippen MR) is 60.8 cm³/mol.